The molecule has 0 aliphatic carbocycles. The van der Waals surface area contributed by atoms with Crippen LogP contribution in [0.2, 0.25) is 0 Å². The van der Waals surface area contributed by atoms with E-state index in [2.05, 4.69) is 4.98 Å². The number of alkyl halides is 3. The Bertz CT molecular complexity index is 470. The first kappa shape index (κ1) is 10.6. The Morgan fingerprint density at radius 3 is 2.47 bits per heavy atom. The first-order valence-corrected chi connectivity index (χ1v) is 5.81. The Morgan fingerprint density at radius 2 is 2.00 bits per heavy atom. The molecular weight excluding hydrogens is 243 g/mol. The third kappa shape index (κ3) is 2.05. The van der Waals surface area contributed by atoms with Crippen molar-refractivity contribution in [3.8, 4) is 9.88 Å². The summed E-state index contributed by atoms with van der Waals surface area (Å²) in [7, 11) is 0. The van der Waals surface area contributed by atoms with Crippen LogP contribution in [-0.4, -0.2) is 4.98 Å². The van der Waals surface area contributed by atoms with Crippen LogP contribution in [0.4, 0.5) is 13.2 Å². The van der Waals surface area contributed by atoms with Gasteiger partial charge in [0.05, 0.1) is 4.88 Å². The monoisotopic (exact) mass is 249 g/mol. The van der Waals surface area contributed by atoms with E-state index in [0.29, 0.717) is 5.01 Å². The fourth-order valence-electron chi connectivity index (χ4n) is 1.10. The lowest BCUT2D eigenvalue weighted by Gasteiger charge is -1.99. The molecule has 0 spiro atoms. The Hall–Kier alpha value is -0.880. The summed E-state index contributed by atoms with van der Waals surface area (Å²) < 4.78 is 36.9. The molecule has 0 bridgehead atoms. The van der Waals surface area contributed by atoms with E-state index in [1.54, 1.807) is 0 Å². The van der Waals surface area contributed by atoms with Gasteiger partial charge in [-0.3, -0.25) is 0 Å². The highest BCUT2D eigenvalue weighted by atomic mass is 32.1. The summed E-state index contributed by atoms with van der Waals surface area (Å²) in [5.74, 6) is 0. The summed E-state index contributed by atoms with van der Waals surface area (Å²) in [6.07, 6.45) is -4.35. The Kier molecular flexibility index (Phi) is 2.56. The van der Waals surface area contributed by atoms with Crippen LogP contribution in [0, 0.1) is 6.92 Å². The first-order chi connectivity index (χ1) is 6.98. The zero-order valence-electron chi connectivity index (χ0n) is 7.63. The Morgan fingerprint density at radius 1 is 1.27 bits per heavy atom. The quantitative estimate of drug-likeness (QED) is 0.738. The summed E-state index contributed by atoms with van der Waals surface area (Å²) >= 11 is 2.43. The van der Waals surface area contributed by atoms with Gasteiger partial charge in [-0.05, 0) is 23.9 Å². The van der Waals surface area contributed by atoms with Gasteiger partial charge in [-0.25, -0.2) is 4.98 Å². The van der Waals surface area contributed by atoms with Crippen LogP contribution >= 0.6 is 22.7 Å². The van der Waals surface area contributed by atoms with E-state index in [1.165, 1.54) is 11.3 Å². The molecule has 80 valence electrons. The van der Waals surface area contributed by atoms with Crippen molar-refractivity contribution in [1.82, 2.24) is 4.98 Å². The number of nitrogens with zero attached hydrogens (tertiary/aromatic N) is 1. The maximum atomic E-state index is 12.3. The van der Waals surface area contributed by atoms with E-state index >= 15 is 0 Å². The Balaban J connectivity index is 2.41. The molecular formula is C9H6F3NS2. The maximum Gasteiger partial charge on any atom is 0.434 e. The predicted molar refractivity (Wildman–Crippen MR) is 55.2 cm³/mol. The molecule has 0 aliphatic heterocycles. The molecule has 2 aromatic rings. The zero-order valence-corrected chi connectivity index (χ0v) is 9.26. The molecule has 0 N–H and O–H groups in total. The second-order valence-corrected chi connectivity index (χ2v) is 4.74. The van der Waals surface area contributed by atoms with Crippen molar-refractivity contribution in [3.05, 3.63) is 28.1 Å². The van der Waals surface area contributed by atoms with E-state index in [-0.39, 0.29) is 0 Å². The molecule has 0 unspecified atom stereocenters. The third-order valence-electron chi connectivity index (χ3n) is 1.85. The fraction of sp³-hybridized carbons (Fsp3) is 0.222. The number of aromatic nitrogens is 1. The van der Waals surface area contributed by atoms with Crippen LogP contribution in [0.15, 0.2) is 16.8 Å². The lowest BCUT2D eigenvalue weighted by molar-refractivity contribution is -0.140. The molecule has 0 saturated carbocycles. The molecule has 2 rings (SSSR count). The van der Waals surface area contributed by atoms with Crippen molar-refractivity contribution < 1.29 is 13.2 Å². The number of thiophene rings is 1. The average Bonchev–Trinajstić information content (AvgIpc) is 2.69. The van der Waals surface area contributed by atoms with Gasteiger partial charge in [-0.15, -0.1) is 22.7 Å². The average molecular weight is 249 g/mol. The second-order valence-electron chi connectivity index (χ2n) is 2.97. The van der Waals surface area contributed by atoms with Crippen LogP contribution in [0.25, 0.3) is 9.88 Å². The summed E-state index contributed by atoms with van der Waals surface area (Å²) in [5, 5.41) is 3.34. The maximum absolute atomic E-state index is 12.3. The van der Waals surface area contributed by atoms with Crippen LogP contribution in [0.1, 0.15) is 11.3 Å². The summed E-state index contributed by atoms with van der Waals surface area (Å²) in [4.78, 5) is 4.40. The fourth-order valence-corrected chi connectivity index (χ4v) is 3.03. The van der Waals surface area contributed by atoms with E-state index in [0.717, 1.165) is 27.2 Å². The van der Waals surface area contributed by atoms with Gasteiger partial charge in [0.15, 0.2) is 5.69 Å². The number of hydrogen-bond acceptors (Lipinski definition) is 3. The minimum atomic E-state index is -4.35. The molecule has 0 fully saturated rings. The number of rotatable bonds is 1. The molecule has 6 heteroatoms. The predicted octanol–water partition coefficient (Wildman–Crippen LogP) is 4.20. The zero-order chi connectivity index (χ0) is 11.1. The van der Waals surface area contributed by atoms with Crippen molar-refractivity contribution in [2.45, 2.75) is 13.1 Å². The van der Waals surface area contributed by atoms with Gasteiger partial charge in [0.1, 0.15) is 5.01 Å². The molecule has 2 aromatic heterocycles. The molecule has 0 aromatic carbocycles. The highest BCUT2D eigenvalue weighted by Crippen LogP contribution is 2.36. The summed E-state index contributed by atoms with van der Waals surface area (Å²) in [6.45, 7) is 1.86. The van der Waals surface area contributed by atoms with Gasteiger partial charge in [-0.2, -0.15) is 13.2 Å². The first-order valence-electron chi connectivity index (χ1n) is 4.05. The Labute approximate surface area is 92.2 Å². The summed E-state index contributed by atoms with van der Waals surface area (Å²) in [6, 6.07) is 1.87. The van der Waals surface area contributed by atoms with E-state index < -0.39 is 11.9 Å². The third-order valence-corrected chi connectivity index (χ3v) is 3.86. The van der Waals surface area contributed by atoms with Gasteiger partial charge in [0.2, 0.25) is 0 Å². The van der Waals surface area contributed by atoms with Gasteiger partial charge >= 0.3 is 6.18 Å². The number of hydrogen-bond donors (Lipinski definition) is 0. The van der Waals surface area contributed by atoms with Crippen LogP contribution in [-0.2, 0) is 6.18 Å². The van der Waals surface area contributed by atoms with E-state index in [4.69, 9.17) is 0 Å². The topological polar surface area (TPSA) is 12.9 Å². The molecule has 2 heterocycles. The standard InChI is InChI=1S/C9H6F3NS2/c1-5-2-3-14-7(5)8-13-6(4-15-8)9(10,11)12/h2-4H,1H3. The molecule has 1 nitrogen and oxygen atoms in total. The van der Waals surface area contributed by atoms with Gasteiger partial charge in [0, 0.05) is 5.38 Å². The summed E-state index contributed by atoms with van der Waals surface area (Å²) in [5.41, 5.74) is 0.151. The molecule has 0 amide bonds. The van der Waals surface area contributed by atoms with Crippen molar-refractivity contribution in [2.75, 3.05) is 0 Å². The van der Waals surface area contributed by atoms with Crippen molar-refractivity contribution in [3.63, 3.8) is 0 Å². The van der Waals surface area contributed by atoms with Gasteiger partial charge in [-0.1, -0.05) is 0 Å². The van der Waals surface area contributed by atoms with Crippen molar-refractivity contribution in [1.29, 1.82) is 0 Å². The van der Waals surface area contributed by atoms with Gasteiger partial charge < -0.3 is 0 Å². The van der Waals surface area contributed by atoms with Crippen LogP contribution in [0.5, 0.6) is 0 Å². The highest BCUT2D eigenvalue weighted by Gasteiger charge is 2.33. The van der Waals surface area contributed by atoms with Crippen LogP contribution in [0.3, 0.4) is 0 Å². The molecule has 0 atom stereocenters. The number of halogens is 3. The SMILES string of the molecule is Cc1ccsc1-c1nc(C(F)(F)F)cs1. The number of aryl methyl sites for hydroxylation is 1. The molecule has 0 saturated heterocycles. The second kappa shape index (κ2) is 3.61. The van der Waals surface area contributed by atoms with Crippen LogP contribution < -0.4 is 0 Å². The van der Waals surface area contributed by atoms with E-state index in [1.807, 2.05) is 18.4 Å². The highest BCUT2D eigenvalue weighted by molar-refractivity contribution is 7.20. The minimum absolute atomic E-state index is 0.440. The minimum Gasteiger partial charge on any atom is -0.231 e. The van der Waals surface area contributed by atoms with Gasteiger partial charge in [0.25, 0.3) is 0 Å². The normalized spacial score (nSPS) is 12.0. The molecule has 0 aliphatic rings. The lowest BCUT2D eigenvalue weighted by atomic mass is 10.3. The van der Waals surface area contributed by atoms with Crippen molar-refractivity contribution in [2.24, 2.45) is 0 Å². The smallest absolute Gasteiger partial charge is 0.231 e. The van der Waals surface area contributed by atoms with E-state index in [9.17, 15) is 13.2 Å². The molecule has 15 heavy (non-hydrogen) atoms. The van der Waals surface area contributed by atoms with Crippen molar-refractivity contribution >= 4 is 22.7 Å². The lowest BCUT2D eigenvalue weighted by Crippen LogP contribution is -2.04. The number of thiazole rings is 1. The molecule has 0 radical (unpaired) electrons. The largest absolute Gasteiger partial charge is 0.434 e.